The van der Waals surface area contributed by atoms with Gasteiger partial charge in [-0.2, -0.15) is 0 Å². The molecule has 2 aromatic rings. The lowest BCUT2D eigenvalue weighted by Crippen LogP contribution is -2.43. The average molecular weight is 428 g/mol. The van der Waals surface area contributed by atoms with E-state index in [-0.39, 0.29) is 6.03 Å². The smallest absolute Gasteiger partial charge is 0.320 e. The molecule has 6 rings (SSSR count). The number of benzene rings is 2. The van der Waals surface area contributed by atoms with Crippen LogP contribution in [-0.2, 0) is 13.0 Å². The molecule has 0 N–H and O–H groups in total. The first-order valence-electron chi connectivity index (χ1n) is 11.7. The second kappa shape index (κ2) is 7.51. The Morgan fingerprint density at radius 1 is 1.03 bits per heavy atom. The fourth-order valence-corrected chi connectivity index (χ4v) is 5.76. The van der Waals surface area contributed by atoms with Gasteiger partial charge in [0, 0.05) is 30.8 Å². The second-order valence-electron chi connectivity index (χ2n) is 9.79. The molecule has 164 valence electrons. The lowest BCUT2D eigenvalue weighted by atomic mass is 9.99. The van der Waals surface area contributed by atoms with Gasteiger partial charge >= 0.3 is 6.03 Å². The minimum Gasteiger partial charge on any atom is -0.491 e. The highest BCUT2D eigenvalue weighted by atomic mass is 16.5. The van der Waals surface area contributed by atoms with E-state index in [1.165, 1.54) is 16.8 Å². The molecule has 0 bridgehead atoms. The van der Waals surface area contributed by atoms with Gasteiger partial charge in [0.1, 0.15) is 12.4 Å². The summed E-state index contributed by atoms with van der Waals surface area (Å²) in [7, 11) is 0. The summed E-state index contributed by atoms with van der Waals surface area (Å²) in [5.41, 5.74) is 8.38. The van der Waals surface area contributed by atoms with Crippen molar-refractivity contribution in [3.05, 3.63) is 59.2 Å². The van der Waals surface area contributed by atoms with Gasteiger partial charge in [0.2, 0.25) is 0 Å². The lowest BCUT2D eigenvalue weighted by Gasteiger charge is -2.27. The molecule has 3 heterocycles. The molecule has 1 aliphatic carbocycles. The number of ether oxygens (including phenoxy) is 1. The Labute approximate surface area is 189 Å². The molecule has 0 aromatic heterocycles. The number of rotatable bonds is 1. The van der Waals surface area contributed by atoms with E-state index >= 15 is 0 Å². The molecule has 2 atom stereocenters. The highest BCUT2D eigenvalue weighted by molar-refractivity contribution is 5.93. The lowest BCUT2D eigenvalue weighted by molar-refractivity contribution is 0.152. The Balaban J connectivity index is 1.23. The van der Waals surface area contributed by atoms with E-state index in [9.17, 15) is 4.79 Å². The number of nitrogens with zero attached hydrogens (tertiary/aromatic N) is 3. The van der Waals surface area contributed by atoms with Gasteiger partial charge in [0.25, 0.3) is 0 Å². The Morgan fingerprint density at radius 2 is 1.88 bits per heavy atom. The van der Waals surface area contributed by atoms with Crippen molar-refractivity contribution in [3.63, 3.8) is 0 Å². The Morgan fingerprint density at radius 3 is 2.75 bits per heavy atom. The van der Waals surface area contributed by atoms with Gasteiger partial charge in [0.15, 0.2) is 0 Å². The standard InChI is InChI=1S/C27H29N3O2/c1-17-9-22-14-30(15-23(22)10-17)27(31)29-7-8-32-26-6-5-19(12-24(26)16-29)20-3-4-21-11-18(2)28-25(21)13-20/h3-6,9,12-13,22-23H,7-8,10-11,14-16H2,1-2H3/t22-,23+/m0/s1. The number of hydrogen-bond donors (Lipinski definition) is 0. The predicted molar refractivity (Wildman–Crippen MR) is 127 cm³/mol. The van der Waals surface area contributed by atoms with E-state index in [0.717, 1.165) is 54.1 Å². The topological polar surface area (TPSA) is 45.1 Å². The van der Waals surface area contributed by atoms with E-state index in [1.807, 2.05) is 15.9 Å². The third-order valence-electron chi connectivity index (χ3n) is 7.33. The number of amides is 2. The highest BCUT2D eigenvalue weighted by Gasteiger charge is 2.38. The zero-order valence-electron chi connectivity index (χ0n) is 18.8. The van der Waals surface area contributed by atoms with Crippen molar-refractivity contribution in [2.45, 2.75) is 33.2 Å². The Hall–Kier alpha value is -3.08. The molecule has 4 aliphatic rings. The van der Waals surface area contributed by atoms with E-state index in [1.54, 1.807) is 0 Å². The van der Waals surface area contributed by atoms with E-state index in [4.69, 9.17) is 4.74 Å². The molecule has 3 aliphatic heterocycles. The first kappa shape index (κ1) is 19.6. The molecule has 5 heteroatoms. The number of carbonyl (C=O) groups is 1. The average Bonchev–Trinajstić information content (AvgIpc) is 3.38. The summed E-state index contributed by atoms with van der Waals surface area (Å²) in [4.78, 5) is 22.0. The molecule has 0 radical (unpaired) electrons. The van der Waals surface area contributed by atoms with Crippen molar-refractivity contribution in [2.24, 2.45) is 16.8 Å². The predicted octanol–water partition coefficient (Wildman–Crippen LogP) is 5.21. The number of aliphatic imine (C=N–C) groups is 1. The van der Waals surface area contributed by atoms with Crippen LogP contribution >= 0.6 is 0 Å². The van der Waals surface area contributed by atoms with Crippen LogP contribution in [0.4, 0.5) is 10.5 Å². The molecular formula is C27H29N3O2. The van der Waals surface area contributed by atoms with Crippen LogP contribution in [0.15, 0.2) is 53.0 Å². The van der Waals surface area contributed by atoms with Gasteiger partial charge in [0.05, 0.1) is 18.8 Å². The molecule has 32 heavy (non-hydrogen) atoms. The largest absolute Gasteiger partial charge is 0.491 e. The molecule has 0 unspecified atom stereocenters. The van der Waals surface area contributed by atoms with Crippen LogP contribution in [-0.4, -0.2) is 47.8 Å². The van der Waals surface area contributed by atoms with Gasteiger partial charge in [-0.1, -0.05) is 29.8 Å². The maximum atomic E-state index is 13.4. The molecular weight excluding hydrogens is 398 g/mol. The summed E-state index contributed by atoms with van der Waals surface area (Å²) >= 11 is 0. The van der Waals surface area contributed by atoms with E-state index in [0.29, 0.717) is 31.5 Å². The molecule has 1 fully saturated rings. The van der Waals surface area contributed by atoms with Crippen molar-refractivity contribution in [2.75, 3.05) is 26.2 Å². The van der Waals surface area contributed by atoms with Gasteiger partial charge in [-0.25, -0.2) is 4.79 Å². The number of likely N-dealkylation sites (tertiary alicyclic amines) is 1. The fraction of sp³-hybridized carbons (Fsp3) is 0.407. The van der Waals surface area contributed by atoms with Crippen molar-refractivity contribution in [3.8, 4) is 16.9 Å². The van der Waals surface area contributed by atoms with Crippen LogP contribution in [0.25, 0.3) is 11.1 Å². The maximum absolute atomic E-state index is 13.4. The summed E-state index contributed by atoms with van der Waals surface area (Å²) in [6.45, 7) is 7.75. The quantitative estimate of drug-likeness (QED) is 0.586. The van der Waals surface area contributed by atoms with Gasteiger partial charge in [-0.3, -0.25) is 4.99 Å². The number of fused-ring (bicyclic) bond motifs is 3. The highest BCUT2D eigenvalue weighted by Crippen LogP contribution is 2.38. The van der Waals surface area contributed by atoms with Crippen LogP contribution in [0.3, 0.4) is 0 Å². The van der Waals surface area contributed by atoms with Crippen LogP contribution in [0.2, 0.25) is 0 Å². The summed E-state index contributed by atoms with van der Waals surface area (Å²) in [5, 5.41) is 0. The SMILES string of the molecule is CC1=C[C@H]2CN(C(=O)N3CCOc4ccc(-c5ccc6c(c5)N=C(C)C6)cc4C3)C[C@H]2C1. The van der Waals surface area contributed by atoms with Gasteiger partial charge < -0.3 is 14.5 Å². The minimum atomic E-state index is 0.148. The summed E-state index contributed by atoms with van der Waals surface area (Å²) in [5.74, 6) is 2.02. The zero-order valence-corrected chi connectivity index (χ0v) is 18.8. The molecule has 1 saturated heterocycles. The first-order chi connectivity index (χ1) is 15.5. The zero-order chi connectivity index (χ0) is 21.8. The summed E-state index contributed by atoms with van der Waals surface area (Å²) < 4.78 is 6.02. The van der Waals surface area contributed by atoms with Crippen LogP contribution < -0.4 is 4.74 Å². The first-order valence-corrected chi connectivity index (χ1v) is 11.7. The Kier molecular flexibility index (Phi) is 4.60. The van der Waals surface area contributed by atoms with Crippen molar-refractivity contribution in [1.29, 1.82) is 0 Å². The third kappa shape index (κ3) is 3.40. The molecule has 0 saturated carbocycles. The number of hydrogen-bond acceptors (Lipinski definition) is 3. The minimum absolute atomic E-state index is 0.148. The normalized spacial score (nSPS) is 23.7. The van der Waals surface area contributed by atoms with Gasteiger partial charge in [-0.15, -0.1) is 0 Å². The summed E-state index contributed by atoms with van der Waals surface area (Å²) in [6, 6.07) is 13.0. The van der Waals surface area contributed by atoms with Crippen LogP contribution in [0, 0.1) is 11.8 Å². The van der Waals surface area contributed by atoms with E-state index < -0.39 is 0 Å². The molecule has 0 spiro atoms. The maximum Gasteiger partial charge on any atom is 0.320 e. The number of carbonyl (C=O) groups excluding carboxylic acids is 1. The molecule has 2 aromatic carbocycles. The number of urea groups is 1. The van der Waals surface area contributed by atoms with Crippen LogP contribution in [0.1, 0.15) is 31.4 Å². The van der Waals surface area contributed by atoms with E-state index in [2.05, 4.69) is 55.2 Å². The van der Waals surface area contributed by atoms with Crippen molar-refractivity contribution in [1.82, 2.24) is 9.80 Å². The van der Waals surface area contributed by atoms with Crippen LogP contribution in [0.5, 0.6) is 5.75 Å². The molecule has 5 nitrogen and oxygen atoms in total. The second-order valence-corrected chi connectivity index (χ2v) is 9.79. The Bertz CT molecular complexity index is 1170. The fourth-order valence-electron chi connectivity index (χ4n) is 5.76. The monoisotopic (exact) mass is 427 g/mol. The number of allylic oxidation sites excluding steroid dienone is 1. The van der Waals surface area contributed by atoms with Crippen molar-refractivity contribution < 1.29 is 9.53 Å². The third-order valence-corrected chi connectivity index (χ3v) is 7.33. The molecule has 2 amide bonds. The van der Waals surface area contributed by atoms with Crippen molar-refractivity contribution >= 4 is 17.4 Å². The van der Waals surface area contributed by atoms with Gasteiger partial charge in [-0.05, 0) is 67.0 Å². The summed E-state index contributed by atoms with van der Waals surface area (Å²) in [6.07, 6.45) is 4.44.